The van der Waals surface area contributed by atoms with Crippen LogP contribution in [0.5, 0.6) is 0 Å². The summed E-state index contributed by atoms with van der Waals surface area (Å²) in [7, 11) is 0. The van der Waals surface area contributed by atoms with Gasteiger partial charge in [-0.3, -0.25) is 4.79 Å². The van der Waals surface area contributed by atoms with Crippen LogP contribution in [-0.2, 0) is 25.7 Å². The number of amides is 2. The quantitative estimate of drug-likeness (QED) is 0.338. The van der Waals surface area contributed by atoms with E-state index >= 15 is 0 Å². The summed E-state index contributed by atoms with van der Waals surface area (Å²) in [4.78, 5) is 37.9. The summed E-state index contributed by atoms with van der Waals surface area (Å²) < 4.78 is 11.3. The molecule has 202 valence electrons. The fraction of sp³-hybridized carbons (Fsp3) is 0.323. The van der Waals surface area contributed by atoms with Crippen LogP contribution in [0.2, 0.25) is 0 Å². The summed E-state index contributed by atoms with van der Waals surface area (Å²) in [6.45, 7) is 1.94. The van der Waals surface area contributed by atoms with Crippen LogP contribution in [0.15, 0.2) is 78.9 Å². The third-order valence-corrected chi connectivity index (χ3v) is 7.38. The number of benzene rings is 3. The van der Waals surface area contributed by atoms with Crippen LogP contribution in [0.3, 0.4) is 0 Å². The monoisotopic (exact) mass is 528 g/mol. The molecule has 2 amide bonds. The molecule has 8 heteroatoms. The van der Waals surface area contributed by atoms with Crippen molar-refractivity contribution in [1.82, 2.24) is 10.6 Å². The van der Waals surface area contributed by atoms with Gasteiger partial charge in [0.25, 0.3) is 0 Å². The predicted octanol–water partition coefficient (Wildman–Crippen LogP) is 4.48. The number of fused-ring (bicyclic) bond motifs is 3. The van der Waals surface area contributed by atoms with Crippen LogP contribution in [0.25, 0.3) is 11.1 Å². The van der Waals surface area contributed by atoms with Gasteiger partial charge in [-0.2, -0.15) is 0 Å². The molecule has 3 N–H and O–H groups in total. The molecule has 1 unspecified atom stereocenters. The summed E-state index contributed by atoms with van der Waals surface area (Å²) in [5, 5.41) is 15.0. The first-order valence-electron chi connectivity index (χ1n) is 13.2. The molecule has 0 saturated heterocycles. The molecule has 2 aliphatic rings. The number of rotatable bonds is 11. The molecule has 2 aliphatic carbocycles. The Balaban J connectivity index is 1.19. The molecule has 39 heavy (non-hydrogen) atoms. The van der Waals surface area contributed by atoms with Crippen molar-refractivity contribution >= 4 is 18.0 Å². The Morgan fingerprint density at radius 1 is 0.872 bits per heavy atom. The van der Waals surface area contributed by atoms with Gasteiger partial charge in [0, 0.05) is 5.92 Å². The van der Waals surface area contributed by atoms with Crippen molar-refractivity contribution in [3.8, 4) is 11.1 Å². The van der Waals surface area contributed by atoms with Gasteiger partial charge in [0.1, 0.15) is 12.6 Å². The van der Waals surface area contributed by atoms with Gasteiger partial charge in [0.2, 0.25) is 5.91 Å². The average Bonchev–Trinajstić information content (AvgIpc) is 3.74. The summed E-state index contributed by atoms with van der Waals surface area (Å²) >= 11 is 0. The Hall–Kier alpha value is -4.17. The average molecular weight is 529 g/mol. The van der Waals surface area contributed by atoms with Gasteiger partial charge in [-0.15, -0.1) is 0 Å². The lowest BCUT2D eigenvalue weighted by molar-refractivity contribution is -0.146. The van der Waals surface area contributed by atoms with Gasteiger partial charge in [0.15, 0.2) is 6.04 Å². The molecule has 0 heterocycles. The van der Waals surface area contributed by atoms with Crippen molar-refractivity contribution in [2.24, 2.45) is 5.92 Å². The summed E-state index contributed by atoms with van der Waals surface area (Å²) in [5.74, 6) is -1.94. The molecule has 0 bridgehead atoms. The smallest absolute Gasteiger partial charge is 0.407 e. The summed E-state index contributed by atoms with van der Waals surface area (Å²) in [6, 6.07) is 23.3. The number of hydrogen-bond donors (Lipinski definition) is 3. The largest absolute Gasteiger partial charge is 0.480 e. The van der Waals surface area contributed by atoms with Crippen LogP contribution < -0.4 is 10.6 Å². The molecule has 0 aromatic heterocycles. The highest BCUT2D eigenvalue weighted by Crippen LogP contribution is 2.44. The Morgan fingerprint density at radius 2 is 1.46 bits per heavy atom. The second kappa shape index (κ2) is 11.7. The van der Waals surface area contributed by atoms with Crippen LogP contribution in [0.1, 0.15) is 42.4 Å². The minimum absolute atomic E-state index is 0.0690. The number of carboxylic acids is 1. The van der Waals surface area contributed by atoms with Gasteiger partial charge < -0.3 is 25.2 Å². The van der Waals surface area contributed by atoms with Crippen molar-refractivity contribution in [2.75, 3.05) is 6.61 Å². The third-order valence-electron chi connectivity index (χ3n) is 7.38. The van der Waals surface area contributed by atoms with E-state index in [2.05, 4.69) is 22.8 Å². The lowest BCUT2D eigenvalue weighted by atomic mass is 9.98. The molecule has 3 aromatic carbocycles. The third kappa shape index (κ3) is 6.12. The van der Waals surface area contributed by atoms with E-state index in [1.54, 1.807) is 6.92 Å². The number of aliphatic carboxylic acids is 1. The predicted molar refractivity (Wildman–Crippen MR) is 145 cm³/mol. The fourth-order valence-electron chi connectivity index (χ4n) is 5.12. The Kier molecular flexibility index (Phi) is 7.93. The second-order valence-electron chi connectivity index (χ2n) is 10.1. The number of alkyl carbamates (subject to hydrolysis) is 1. The first kappa shape index (κ1) is 26.4. The molecule has 1 fully saturated rings. The molecular weight excluding hydrogens is 496 g/mol. The Labute approximate surface area is 227 Å². The van der Waals surface area contributed by atoms with Crippen LogP contribution in [-0.4, -0.2) is 47.9 Å². The molecule has 5 rings (SSSR count). The molecule has 0 spiro atoms. The highest BCUT2D eigenvalue weighted by Gasteiger charge is 2.40. The fourth-order valence-corrected chi connectivity index (χ4v) is 5.12. The van der Waals surface area contributed by atoms with Crippen molar-refractivity contribution in [3.05, 3.63) is 95.6 Å². The van der Waals surface area contributed by atoms with E-state index in [1.165, 1.54) is 0 Å². The normalized spacial score (nSPS) is 16.3. The summed E-state index contributed by atoms with van der Waals surface area (Å²) in [5.41, 5.74) is 5.34. The van der Waals surface area contributed by atoms with Gasteiger partial charge in [-0.05, 0) is 53.5 Å². The van der Waals surface area contributed by atoms with E-state index in [-0.39, 0.29) is 25.0 Å². The first-order chi connectivity index (χ1) is 18.9. The number of ether oxygens (including phenoxy) is 2. The Bertz CT molecular complexity index is 1290. The zero-order valence-corrected chi connectivity index (χ0v) is 21.7. The van der Waals surface area contributed by atoms with Gasteiger partial charge in [-0.1, -0.05) is 78.9 Å². The first-order valence-corrected chi connectivity index (χ1v) is 13.2. The zero-order chi connectivity index (χ0) is 27.4. The minimum Gasteiger partial charge on any atom is -0.480 e. The molecule has 8 nitrogen and oxygen atoms in total. The van der Waals surface area contributed by atoms with Crippen LogP contribution in [0.4, 0.5) is 4.79 Å². The molecular formula is C31H32N2O6. The van der Waals surface area contributed by atoms with E-state index < -0.39 is 36.2 Å². The highest BCUT2D eigenvalue weighted by atomic mass is 16.5. The van der Waals surface area contributed by atoms with Gasteiger partial charge in [-0.25, -0.2) is 9.59 Å². The molecule has 3 aromatic rings. The molecule has 3 atom stereocenters. The minimum atomic E-state index is -1.27. The molecule has 0 radical (unpaired) electrons. The van der Waals surface area contributed by atoms with Crippen LogP contribution in [0, 0.1) is 5.92 Å². The van der Waals surface area contributed by atoms with E-state index in [9.17, 15) is 19.5 Å². The van der Waals surface area contributed by atoms with Gasteiger partial charge in [0.05, 0.1) is 12.7 Å². The number of carbonyl (C=O) groups is 3. The lowest BCUT2D eigenvalue weighted by Gasteiger charge is -2.25. The van der Waals surface area contributed by atoms with E-state index in [4.69, 9.17) is 9.47 Å². The van der Waals surface area contributed by atoms with E-state index in [1.807, 2.05) is 66.7 Å². The van der Waals surface area contributed by atoms with Crippen LogP contribution >= 0.6 is 0 Å². The topological polar surface area (TPSA) is 114 Å². The zero-order valence-electron chi connectivity index (χ0n) is 21.7. The number of hydrogen-bond acceptors (Lipinski definition) is 5. The maximum atomic E-state index is 13.1. The SMILES string of the molecule is C[C@@H](OCc1ccccc1)[C@H](NC(=O)C(NC(=O)OCC1c2ccccc2-c2ccccc21)C1CC1)C(=O)O. The van der Waals surface area contributed by atoms with E-state index in [0.717, 1.165) is 40.7 Å². The van der Waals surface area contributed by atoms with Gasteiger partial charge >= 0.3 is 12.1 Å². The molecule has 0 aliphatic heterocycles. The van der Waals surface area contributed by atoms with E-state index in [0.29, 0.717) is 0 Å². The van der Waals surface area contributed by atoms with Crippen molar-refractivity contribution in [3.63, 3.8) is 0 Å². The maximum absolute atomic E-state index is 13.1. The number of nitrogens with one attached hydrogen (secondary N) is 2. The maximum Gasteiger partial charge on any atom is 0.407 e. The standard InChI is InChI=1S/C31H32N2O6/c1-19(38-17-20-9-3-2-4-10-20)27(30(35)36)32-29(34)28(21-15-16-21)33-31(37)39-18-26-24-13-7-5-11-22(24)23-12-6-8-14-25(23)26/h2-14,19,21,26-28H,15-18H2,1H3,(H,32,34)(H,33,37)(H,35,36)/t19-,27+,28?/m1/s1. The summed E-state index contributed by atoms with van der Waals surface area (Å²) in [6.07, 6.45) is 0.0316. The van der Waals surface area contributed by atoms with Crippen molar-refractivity contribution in [1.29, 1.82) is 0 Å². The molecule has 1 saturated carbocycles. The second-order valence-corrected chi connectivity index (χ2v) is 10.1. The Morgan fingerprint density at radius 3 is 2.05 bits per heavy atom. The number of carboxylic acid groups (broad SMARTS) is 1. The highest BCUT2D eigenvalue weighted by molar-refractivity contribution is 5.90. The van der Waals surface area contributed by atoms with Crippen molar-refractivity contribution < 1.29 is 29.0 Å². The lowest BCUT2D eigenvalue weighted by Crippen LogP contribution is -2.56. The van der Waals surface area contributed by atoms with Crippen molar-refractivity contribution in [2.45, 2.75) is 50.5 Å². The number of carbonyl (C=O) groups excluding carboxylic acids is 2.